The van der Waals surface area contributed by atoms with Crippen LogP contribution in [0.25, 0.3) is 10.2 Å². The molecule has 1 N–H and O–H groups in total. The fourth-order valence-corrected chi connectivity index (χ4v) is 10.6. The number of alkyl halides is 3. The molecule has 3 saturated carbocycles. The monoisotopic (exact) mass is 534 g/mol. The van der Waals surface area contributed by atoms with Crippen molar-refractivity contribution in [1.82, 2.24) is 4.98 Å². The zero-order valence-electron chi connectivity index (χ0n) is 13.3. The Balaban J connectivity index is 1.65. The van der Waals surface area contributed by atoms with E-state index in [2.05, 4.69) is 71.9 Å². The lowest BCUT2D eigenvalue weighted by Crippen LogP contribution is -2.71. The van der Waals surface area contributed by atoms with Crippen molar-refractivity contribution in [2.45, 2.75) is 35.3 Å². The lowest BCUT2D eigenvalue weighted by atomic mass is 9.43. The van der Waals surface area contributed by atoms with Gasteiger partial charge in [-0.25, -0.2) is 4.98 Å². The van der Waals surface area contributed by atoms with Crippen molar-refractivity contribution in [2.24, 2.45) is 16.2 Å². The van der Waals surface area contributed by atoms with E-state index < -0.39 is 5.41 Å². The average molecular weight is 537 g/mol. The van der Waals surface area contributed by atoms with Crippen molar-refractivity contribution in [2.75, 3.05) is 5.32 Å². The van der Waals surface area contributed by atoms with E-state index in [0.29, 0.717) is 5.13 Å². The molecule has 24 heavy (non-hydrogen) atoms. The van der Waals surface area contributed by atoms with Crippen LogP contribution in [0, 0.1) is 16.2 Å². The highest BCUT2D eigenvalue weighted by molar-refractivity contribution is 9.24. The predicted octanol–water partition coefficient (Wildman–Crippen LogP) is 5.92. The molecule has 0 spiro atoms. The van der Waals surface area contributed by atoms with Crippen molar-refractivity contribution in [3.8, 4) is 0 Å². The molecule has 3 unspecified atom stereocenters. The minimum atomic E-state index is -0.398. The van der Waals surface area contributed by atoms with Crippen LogP contribution < -0.4 is 5.32 Å². The smallest absolute Gasteiger partial charge is 0.234 e. The van der Waals surface area contributed by atoms with Crippen LogP contribution in [-0.2, 0) is 4.79 Å². The van der Waals surface area contributed by atoms with Crippen LogP contribution in [0.15, 0.2) is 24.3 Å². The molecule has 3 nitrogen and oxygen atoms in total. The zero-order chi connectivity index (χ0) is 17.3. The first-order valence-corrected chi connectivity index (χ1v) is 11.4. The van der Waals surface area contributed by atoms with E-state index in [9.17, 15) is 4.79 Å². The molecule has 3 atom stereocenters. The molecule has 3 aliphatic rings. The topological polar surface area (TPSA) is 42.0 Å². The van der Waals surface area contributed by atoms with Crippen molar-refractivity contribution in [3.05, 3.63) is 24.3 Å². The highest BCUT2D eigenvalue weighted by atomic mass is 79.9. The van der Waals surface area contributed by atoms with Gasteiger partial charge in [0.2, 0.25) is 5.91 Å². The third-order valence-corrected chi connectivity index (χ3v) is 10.6. The van der Waals surface area contributed by atoms with Gasteiger partial charge >= 0.3 is 0 Å². The fraction of sp³-hybridized carbons (Fsp3) is 0.529. The molecule has 1 aromatic carbocycles. The second-order valence-electron chi connectivity index (χ2n) is 7.24. The number of nitrogens with one attached hydrogen (secondary N) is 1. The van der Waals surface area contributed by atoms with Crippen molar-refractivity contribution in [3.63, 3.8) is 0 Å². The molecule has 1 heterocycles. The van der Waals surface area contributed by atoms with E-state index in [1.807, 2.05) is 24.3 Å². The highest BCUT2D eigenvalue weighted by Gasteiger charge is 2.83. The molecule has 3 aliphatic carbocycles. The summed E-state index contributed by atoms with van der Waals surface area (Å²) < 4.78 is 1.28. The first kappa shape index (κ1) is 17.4. The number of anilines is 1. The predicted molar refractivity (Wildman–Crippen MR) is 110 cm³/mol. The molecular formula is C17H17Br3N2OS. The zero-order valence-corrected chi connectivity index (χ0v) is 18.9. The number of fused-ring (bicyclic) bond motifs is 2. The Morgan fingerprint density at radius 2 is 2.04 bits per heavy atom. The van der Waals surface area contributed by atoms with Gasteiger partial charge in [0.25, 0.3) is 0 Å². The first-order chi connectivity index (χ1) is 11.3. The number of hydrogen-bond acceptors (Lipinski definition) is 3. The van der Waals surface area contributed by atoms with E-state index in [1.54, 1.807) is 0 Å². The molecule has 128 valence electrons. The van der Waals surface area contributed by atoms with E-state index in [-0.39, 0.29) is 25.3 Å². The van der Waals surface area contributed by atoms with Crippen molar-refractivity contribution < 1.29 is 4.79 Å². The standard InChI is InChI=1S/C17H17Br3N2OS/c1-15(2)16(12(19)20)7-8-17(15,11(16)18)13(23)22-14-21-9-5-3-4-6-10(9)24-14/h3-6,11-12H,7-8H2,1-2H3,(H,21,22,23). The number of hydrogen-bond donors (Lipinski definition) is 1. The van der Waals surface area contributed by atoms with E-state index in [1.165, 1.54) is 11.3 Å². The summed E-state index contributed by atoms with van der Waals surface area (Å²) in [5.74, 6) is 0.0854. The molecule has 1 amide bonds. The molecule has 0 saturated heterocycles. The summed E-state index contributed by atoms with van der Waals surface area (Å²) in [4.78, 5) is 17.9. The maximum atomic E-state index is 13.2. The largest absolute Gasteiger partial charge is 0.301 e. The molecule has 2 aromatic rings. The maximum absolute atomic E-state index is 13.2. The number of aromatic nitrogens is 1. The second-order valence-corrected chi connectivity index (χ2v) is 12.2. The Kier molecular flexibility index (Phi) is 4.00. The van der Waals surface area contributed by atoms with Gasteiger partial charge in [-0.2, -0.15) is 0 Å². The van der Waals surface area contributed by atoms with E-state index in [4.69, 9.17) is 0 Å². The summed E-state index contributed by atoms with van der Waals surface area (Å²) in [5, 5.41) is 3.79. The number of benzene rings is 1. The first-order valence-electron chi connectivity index (χ1n) is 7.86. The average Bonchev–Trinajstić information content (AvgIpc) is 3.14. The summed E-state index contributed by atoms with van der Waals surface area (Å²) in [6.07, 6.45) is 1.91. The number of carbonyl (C=O) groups is 1. The number of thiazole rings is 1. The van der Waals surface area contributed by atoms with Crippen LogP contribution in [0.1, 0.15) is 26.7 Å². The Morgan fingerprint density at radius 1 is 1.33 bits per heavy atom. The number of amides is 1. The number of nitrogens with zero attached hydrogens (tertiary/aromatic N) is 1. The van der Waals surface area contributed by atoms with Crippen LogP contribution in [0.2, 0.25) is 0 Å². The Hall–Kier alpha value is 0.0200. The SMILES string of the molecule is CC1(C)C2(C(=O)Nc3nc4ccccc4s3)CCC1(C(Br)Br)C2Br. The van der Waals surface area contributed by atoms with Crippen LogP contribution in [0.3, 0.4) is 0 Å². The number of carbonyl (C=O) groups excluding carboxylic acids is 1. The number of para-hydroxylation sites is 1. The molecule has 3 fully saturated rings. The third-order valence-electron chi connectivity index (χ3n) is 6.41. The minimum absolute atomic E-state index is 0.0396. The van der Waals surface area contributed by atoms with Crippen LogP contribution >= 0.6 is 59.1 Å². The molecule has 0 radical (unpaired) electrons. The van der Waals surface area contributed by atoms with Gasteiger partial charge in [0.1, 0.15) is 0 Å². The Labute approximate surface area is 170 Å². The van der Waals surface area contributed by atoms with Crippen molar-refractivity contribution >= 4 is 80.4 Å². The molecule has 5 rings (SSSR count). The summed E-state index contributed by atoms with van der Waals surface area (Å²) in [5.41, 5.74) is 0.468. The fourth-order valence-electron chi connectivity index (χ4n) is 4.83. The lowest BCUT2D eigenvalue weighted by Gasteiger charge is -2.66. The normalized spacial score (nSPS) is 33.7. The molecule has 7 heteroatoms. The Morgan fingerprint density at radius 3 is 2.62 bits per heavy atom. The molecule has 2 bridgehead atoms. The van der Waals surface area contributed by atoms with Gasteiger partial charge in [0.05, 0.1) is 19.4 Å². The Bertz CT molecular complexity index is 803. The highest BCUT2D eigenvalue weighted by Crippen LogP contribution is 2.82. The van der Waals surface area contributed by atoms with Gasteiger partial charge < -0.3 is 5.32 Å². The molecule has 1 aromatic heterocycles. The van der Waals surface area contributed by atoms with Gasteiger partial charge in [-0.05, 0) is 30.4 Å². The quantitative estimate of drug-likeness (QED) is 0.495. The lowest BCUT2D eigenvalue weighted by molar-refractivity contribution is -0.155. The van der Waals surface area contributed by atoms with Crippen molar-refractivity contribution in [1.29, 1.82) is 0 Å². The minimum Gasteiger partial charge on any atom is -0.301 e. The van der Waals surface area contributed by atoms with Gasteiger partial charge in [-0.15, -0.1) is 0 Å². The van der Waals surface area contributed by atoms with Crippen LogP contribution in [-0.4, -0.2) is 19.5 Å². The van der Waals surface area contributed by atoms with Crippen LogP contribution in [0.5, 0.6) is 0 Å². The summed E-state index contributed by atoms with van der Waals surface area (Å²) in [6, 6.07) is 7.96. The number of rotatable bonds is 3. The van der Waals surface area contributed by atoms with Gasteiger partial charge in [-0.1, -0.05) is 85.1 Å². The van der Waals surface area contributed by atoms with Gasteiger partial charge in [0.15, 0.2) is 5.13 Å². The second kappa shape index (κ2) is 5.51. The molecular weight excluding hydrogens is 520 g/mol. The summed E-state index contributed by atoms with van der Waals surface area (Å²) in [6.45, 7) is 4.43. The van der Waals surface area contributed by atoms with Gasteiger partial charge in [-0.3, -0.25) is 4.79 Å². The summed E-state index contributed by atoms with van der Waals surface area (Å²) in [7, 11) is 0. The number of halogens is 3. The van der Waals surface area contributed by atoms with E-state index in [0.717, 1.165) is 23.1 Å². The van der Waals surface area contributed by atoms with E-state index >= 15 is 0 Å². The summed E-state index contributed by atoms with van der Waals surface area (Å²) >= 11 is 12.8. The molecule has 0 aliphatic heterocycles. The maximum Gasteiger partial charge on any atom is 0.234 e. The third kappa shape index (κ3) is 1.88. The van der Waals surface area contributed by atoms with Crippen LogP contribution in [0.4, 0.5) is 5.13 Å². The van der Waals surface area contributed by atoms with Gasteiger partial charge in [0, 0.05) is 10.2 Å².